The average molecular weight is 381 g/mol. The van der Waals surface area contributed by atoms with Crippen molar-refractivity contribution in [1.29, 1.82) is 0 Å². The highest BCUT2D eigenvalue weighted by molar-refractivity contribution is 8.00. The van der Waals surface area contributed by atoms with Crippen LogP contribution < -0.4 is 5.32 Å². The molecule has 3 aromatic rings. The zero-order chi connectivity index (χ0) is 18.8. The summed E-state index contributed by atoms with van der Waals surface area (Å²) < 4.78 is 15.2. The summed E-state index contributed by atoms with van der Waals surface area (Å²) in [5.74, 6) is -0.358. The first-order valence-corrected chi connectivity index (χ1v) is 9.83. The largest absolute Gasteiger partial charge is 0.352 e. The van der Waals surface area contributed by atoms with Crippen LogP contribution in [0.5, 0.6) is 0 Å². The third-order valence-corrected chi connectivity index (χ3v) is 5.63. The van der Waals surface area contributed by atoms with E-state index in [2.05, 4.69) is 10.4 Å². The fourth-order valence-corrected chi connectivity index (χ4v) is 4.04. The van der Waals surface area contributed by atoms with E-state index in [1.165, 1.54) is 23.9 Å². The van der Waals surface area contributed by atoms with E-state index in [4.69, 9.17) is 0 Å². The predicted octanol–water partition coefficient (Wildman–Crippen LogP) is 4.43. The van der Waals surface area contributed by atoms with Crippen molar-refractivity contribution in [3.63, 3.8) is 0 Å². The standard InChI is InChI=1S/C21H20FN3OS/c1-14-13-19(25(24-14)18-5-3-2-4-6-18)27-20(21(26)23-17-11-12-17)15-7-9-16(22)10-8-15/h2-10,13,17,20H,11-12H2,1H3,(H,23,26)/t20-/m1/s1. The van der Waals surface area contributed by atoms with Crippen LogP contribution in [0.1, 0.15) is 29.3 Å². The van der Waals surface area contributed by atoms with E-state index in [0.29, 0.717) is 0 Å². The zero-order valence-electron chi connectivity index (χ0n) is 14.9. The van der Waals surface area contributed by atoms with Crippen molar-refractivity contribution in [3.8, 4) is 5.69 Å². The van der Waals surface area contributed by atoms with Crippen molar-refractivity contribution in [3.05, 3.63) is 77.7 Å². The highest BCUT2D eigenvalue weighted by atomic mass is 32.2. The summed E-state index contributed by atoms with van der Waals surface area (Å²) in [6, 6.07) is 18.2. The molecule has 6 heteroatoms. The number of nitrogens with zero attached hydrogens (tertiary/aromatic N) is 2. The van der Waals surface area contributed by atoms with Crippen LogP contribution in [-0.2, 0) is 4.79 Å². The van der Waals surface area contributed by atoms with E-state index in [9.17, 15) is 9.18 Å². The Morgan fingerprint density at radius 2 is 1.89 bits per heavy atom. The lowest BCUT2D eigenvalue weighted by Crippen LogP contribution is -2.29. The quantitative estimate of drug-likeness (QED) is 0.643. The second-order valence-electron chi connectivity index (χ2n) is 6.70. The number of rotatable bonds is 6. The molecule has 1 saturated carbocycles. The lowest BCUT2D eigenvalue weighted by atomic mass is 10.1. The number of benzene rings is 2. The van der Waals surface area contributed by atoms with Crippen LogP contribution in [0.2, 0.25) is 0 Å². The van der Waals surface area contributed by atoms with Gasteiger partial charge in [-0.2, -0.15) is 5.10 Å². The third-order valence-electron chi connectivity index (χ3n) is 4.37. The van der Waals surface area contributed by atoms with Gasteiger partial charge in [0.15, 0.2) is 0 Å². The van der Waals surface area contributed by atoms with Crippen molar-refractivity contribution in [2.75, 3.05) is 0 Å². The first kappa shape index (κ1) is 17.8. The Hall–Kier alpha value is -2.60. The predicted molar refractivity (Wildman–Crippen MR) is 104 cm³/mol. The molecule has 0 aliphatic heterocycles. The Morgan fingerprint density at radius 1 is 1.19 bits per heavy atom. The van der Waals surface area contributed by atoms with Crippen molar-refractivity contribution >= 4 is 17.7 Å². The third kappa shape index (κ3) is 4.22. The minimum Gasteiger partial charge on any atom is -0.352 e. The molecule has 1 aromatic heterocycles. The van der Waals surface area contributed by atoms with E-state index < -0.39 is 5.25 Å². The molecule has 1 heterocycles. The van der Waals surface area contributed by atoms with Crippen molar-refractivity contribution in [2.24, 2.45) is 0 Å². The molecule has 1 atom stereocenters. The topological polar surface area (TPSA) is 46.9 Å². The fraction of sp³-hybridized carbons (Fsp3) is 0.238. The van der Waals surface area contributed by atoms with Gasteiger partial charge in [0.25, 0.3) is 0 Å². The molecule has 138 valence electrons. The first-order valence-electron chi connectivity index (χ1n) is 8.95. The van der Waals surface area contributed by atoms with Crippen LogP contribution in [-0.4, -0.2) is 21.7 Å². The Balaban J connectivity index is 1.67. The number of carbonyl (C=O) groups is 1. The normalized spacial score (nSPS) is 14.7. The van der Waals surface area contributed by atoms with E-state index in [1.807, 2.05) is 48.0 Å². The van der Waals surface area contributed by atoms with Gasteiger partial charge in [-0.05, 0) is 55.7 Å². The molecule has 27 heavy (non-hydrogen) atoms. The smallest absolute Gasteiger partial charge is 0.238 e. The summed E-state index contributed by atoms with van der Waals surface area (Å²) in [6.07, 6.45) is 2.04. The average Bonchev–Trinajstić information content (AvgIpc) is 3.41. The molecule has 1 aliphatic rings. The number of halogens is 1. The van der Waals surface area contributed by atoms with Gasteiger partial charge in [-0.25, -0.2) is 9.07 Å². The maximum atomic E-state index is 13.4. The number of carbonyl (C=O) groups excluding carboxylic acids is 1. The van der Waals surface area contributed by atoms with Gasteiger partial charge in [0.1, 0.15) is 16.1 Å². The van der Waals surface area contributed by atoms with E-state index in [1.54, 1.807) is 12.1 Å². The molecule has 1 N–H and O–H groups in total. The maximum absolute atomic E-state index is 13.4. The van der Waals surface area contributed by atoms with Crippen LogP contribution in [0.4, 0.5) is 4.39 Å². The SMILES string of the molecule is Cc1cc(S[C@@H](C(=O)NC2CC2)c2ccc(F)cc2)n(-c2ccccc2)n1. The summed E-state index contributed by atoms with van der Waals surface area (Å²) in [4.78, 5) is 12.9. The van der Waals surface area contributed by atoms with Crippen LogP contribution in [0.15, 0.2) is 65.7 Å². The number of thioether (sulfide) groups is 1. The van der Waals surface area contributed by atoms with Gasteiger partial charge in [-0.1, -0.05) is 42.1 Å². The van der Waals surface area contributed by atoms with Crippen LogP contribution in [0, 0.1) is 12.7 Å². The first-order chi connectivity index (χ1) is 13.1. The Bertz CT molecular complexity index is 936. The maximum Gasteiger partial charge on any atom is 0.238 e. The summed E-state index contributed by atoms with van der Waals surface area (Å²) in [6.45, 7) is 1.93. The highest BCUT2D eigenvalue weighted by Crippen LogP contribution is 2.37. The second-order valence-corrected chi connectivity index (χ2v) is 7.83. The molecule has 2 aromatic carbocycles. The number of nitrogens with one attached hydrogen (secondary N) is 1. The van der Waals surface area contributed by atoms with Crippen molar-refractivity contribution in [1.82, 2.24) is 15.1 Å². The Morgan fingerprint density at radius 3 is 2.56 bits per heavy atom. The van der Waals surface area contributed by atoms with E-state index in [-0.39, 0.29) is 17.8 Å². The van der Waals surface area contributed by atoms with Crippen LogP contribution in [0.25, 0.3) is 5.69 Å². The van der Waals surface area contributed by atoms with Gasteiger partial charge in [-0.15, -0.1) is 0 Å². The van der Waals surface area contributed by atoms with Crippen LogP contribution >= 0.6 is 11.8 Å². The number of hydrogen-bond acceptors (Lipinski definition) is 3. The molecule has 0 bridgehead atoms. The van der Waals surface area contributed by atoms with Gasteiger partial charge in [0, 0.05) is 6.04 Å². The van der Waals surface area contributed by atoms with E-state index in [0.717, 1.165) is 34.8 Å². The van der Waals surface area contributed by atoms with E-state index >= 15 is 0 Å². The van der Waals surface area contributed by atoms with Crippen LogP contribution in [0.3, 0.4) is 0 Å². The summed E-state index contributed by atoms with van der Waals surface area (Å²) >= 11 is 1.43. The van der Waals surface area contributed by atoms with Crippen molar-refractivity contribution < 1.29 is 9.18 Å². The second kappa shape index (κ2) is 7.56. The molecular weight excluding hydrogens is 361 g/mol. The highest BCUT2D eigenvalue weighted by Gasteiger charge is 2.30. The number of aromatic nitrogens is 2. The molecule has 0 radical (unpaired) electrons. The monoisotopic (exact) mass is 381 g/mol. The summed E-state index contributed by atoms with van der Waals surface area (Å²) in [5, 5.41) is 8.05. The number of hydrogen-bond donors (Lipinski definition) is 1. The summed E-state index contributed by atoms with van der Waals surface area (Å²) in [5.41, 5.74) is 2.59. The van der Waals surface area contributed by atoms with Gasteiger partial charge in [-0.3, -0.25) is 4.79 Å². The Kier molecular flexibility index (Phi) is 4.99. The molecule has 1 aliphatic carbocycles. The number of para-hydroxylation sites is 1. The lowest BCUT2D eigenvalue weighted by molar-refractivity contribution is -0.120. The molecule has 1 amide bonds. The molecule has 0 unspecified atom stereocenters. The summed E-state index contributed by atoms with van der Waals surface area (Å²) in [7, 11) is 0. The molecule has 4 nitrogen and oxygen atoms in total. The Labute approximate surface area is 161 Å². The van der Waals surface area contributed by atoms with Gasteiger partial charge >= 0.3 is 0 Å². The van der Waals surface area contributed by atoms with Gasteiger partial charge in [0.2, 0.25) is 5.91 Å². The zero-order valence-corrected chi connectivity index (χ0v) is 15.7. The number of aryl methyl sites for hydroxylation is 1. The number of amides is 1. The van der Waals surface area contributed by atoms with Gasteiger partial charge < -0.3 is 5.32 Å². The lowest BCUT2D eigenvalue weighted by Gasteiger charge is -2.17. The van der Waals surface area contributed by atoms with Crippen molar-refractivity contribution in [2.45, 2.75) is 36.1 Å². The molecule has 0 spiro atoms. The molecule has 0 saturated heterocycles. The fourth-order valence-electron chi connectivity index (χ4n) is 2.85. The van der Waals surface area contributed by atoms with Gasteiger partial charge in [0.05, 0.1) is 11.4 Å². The molecule has 1 fully saturated rings. The molecular formula is C21H20FN3OS. The molecule has 4 rings (SSSR count). The minimum absolute atomic E-state index is 0.0485. The minimum atomic E-state index is -0.468.